The van der Waals surface area contributed by atoms with E-state index in [0.717, 1.165) is 16.3 Å². The average Bonchev–Trinajstić information content (AvgIpc) is 2.70. The molecule has 0 saturated heterocycles. The number of carbonyl (C=O) groups is 2. The molecule has 2 amide bonds. The molecule has 0 radical (unpaired) electrons. The van der Waals surface area contributed by atoms with Gasteiger partial charge in [0.05, 0.1) is 4.90 Å². The molecule has 0 bridgehead atoms. The lowest BCUT2D eigenvalue weighted by Crippen LogP contribution is -2.43. The molecule has 9 heteroatoms. The number of sulfonamides is 1. The van der Waals surface area contributed by atoms with Crippen LogP contribution in [0, 0.1) is 0 Å². The van der Waals surface area contributed by atoms with Gasteiger partial charge in [0.25, 0.3) is 11.8 Å². The molecule has 0 aliphatic rings. The highest BCUT2D eigenvalue weighted by atomic mass is 32.2. The summed E-state index contributed by atoms with van der Waals surface area (Å²) in [6.45, 7) is 1.74. The van der Waals surface area contributed by atoms with Gasteiger partial charge in [0, 0.05) is 19.7 Å². The first-order valence-electron chi connectivity index (χ1n) is 8.57. The molecule has 2 aromatic carbocycles. The van der Waals surface area contributed by atoms with Crippen LogP contribution in [0.4, 0.5) is 0 Å². The van der Waals surface area contributed by atoms with Crippen molar-refractivity contribution < 1.29 is 22.7 Å². The summed E-state index contributed by atoms with van der Waals surface area (Å²) in [5.41, 5.74) is 5.66. The Morgan fingerprint density at radius 3 is 2.43 bits per heavy atom. The fraction of sp³-hybridized carbons (Fsp3) is 0.263. The smallest absolute Gasteiger partial charge is 0.276 e. The van der Waals surface area contributed by atoms with Crippen molar-refractivity contribution in [2.45, 2.75) is 18.2 Å². The van der Waals surface area contributed by atoms with Crippen LogP contribution in [0.25, 0.3) is 0 Å². The van der Waals surface area contributed by atoms with E-state index >= 15 is 0 Å². The standard InChI is InChI=1S/C19H23N3O5S/c1-4-14-7-5-9-16(11-14)27-13-18(23)20-21-19(24)15-8-6-10-17(12-15)28(25,26)22(2)3/h5-12H,4,13H2,1-3H3,(H,20,23)(H,21,24). The average molecular weight is 405 g/mol. The normalized spacial score (nSPS) is 11.1. The summed E-state index contributed by atoms with van der Waals surface area (Å²) in [6, 6.07) is 12.9. The third kappa shape index (κ3) is 5.54. The first-order chi connectivity index (χ1) is 13.2. The van der Waals surface area contributed by atoms with Crippen LogP contribution in [0.5, 0.6) is 5.75 Å². The van der Waals surface area contributed by atoms with Gasteiger partial charge in [0.1, 0.15) is 5.75 Å². The topological polar surface area (TPSA) is 105 Å². The first-order valence-corrected chi connectivity index (χ1v) is 10.0. The van der Waals surface area contributed by atoms with Crippen molar-refractivity contribution in [2.75, 3.05) is 20.7 Å². The Balaban J connectivity index is 1.92. The number of hydrogen-bond donors (Lipinski definition) is 2. The second kappa shape index (κ2) is 9.34. The Morgan fingerprint density at radius 2 is 1.75 bits per heavy atom. The zero-order chi connectivity index (χ0) is 20.7. The molecule has 0 aliphatic heterocycles. The van der Waals surface area contributed by atoms with Gasteiger partial charge in [0.2, 0.25) is 10.0 Å². The summed E-state index contributed by atoms with van der Waals surface area (Å²) >= 11 is 0. The molecule has 0 fully saturated rings. The number of benzene rings is 2. The summed E-state index contributed by atoms with van der Waals surface area (Å²) in [7, 11) is -0.861. The van der Waals surface area contributed by atoms with E-state index in [4.69, 9.17) is 4.74 Å². The van der Waals surface area contributed by atoms with Crippen LogP contribution < -0.4 is 15.6 Å². The van der Waals surface area contributed by atoms with Gasteiger partial charge in [-0.15, -0.1) is 0 Å². The minimum Gasteiger partial charge on any atom is -0.484 e. The van der Waals surface area contributed by atoms with Gasteiger partial charge in [-0.05, 0) is 42.3 Å². The molecule has 28 heavy (non-hydrogen) atoms. The fourth-order valence-corrected chi connectivity index (χ4v) is 3.20. The van der Waals surface area contributed by atoms with Gasteiger partial charge in [-0.25, -0.2) is 12.7 Å². The summed E-state index contributed by atoms with van der Waals surface area (Å²) in [5, 5.41) is 0. The molecule has 0 atom stereocenters. The minimum atomic E-state index is -3.66. The summed E-state index contributed by atoms with van der Waals surface area (Å²) < 4.78 is 30.7. The van der Waals surface area contributed by atoms with E-state index in [1.165, 1.54) is 38.4 Å². The van der Waals surface area contributed by atoms with Crippen LogP contribution in [-0.4, -0.2) is 45.2 Å². The summed E-state index contributed by atoms with van der Waals surface area (Å²) in [6.07, 6.45) is 0.849. The number of aryl methyl sites for hydroxylation is 1. The third-order valence-corrected chi connectivity index (χ3v) is 5.68. The van der Waals surface area contributed by atoms with E-state index < -0.39 is 21.8 Å². The monoisotopic (exact) mass is 405 g/mol. The Morgan fingerprint density at radius 1 is 1.04 bits per heavy atom. The number of ether oxygens (including phenoxy) is 1. The van der Waals surface area contributed by atoms with Crippen LogP contribution in [-0.2, 0) is 21.2 Å². The maximum absolute atomic E-state index is 12.2. The second-order valence-corrected chi connectivity index (χ2v) is 8.26. The van der Waals surface area contributed by atoms with Crippen molar-refractivity contribution in [2.24, 2.45) is 0 Å². The quantitative estimate of drug-likeness (QED) is 0.677. The minimum absolute atomic E-state index is 0.0179. The van der Waals surface area contributed by atoms with Crippen molar-refractivity contribution in [1.29, 1.82) is 0 Å². The molecule has 150 valence electrons. The number of amides is 2. The second-order valence-electron chi connectivity index (χ2n) is 6.11. The SMILES string of the molecule is CCc1cccc(OCC(=O)NNC(=O)c2cccc(S(=O)(=O)N(C)C)c2)c1. The number of carbonyl (C=O) groups excluding carboxylic acids is 2. The number of nitrogens with zero attached hydrogens (tertiary/aromatic N) is 1. The molecule has 0 aliphatic carbocycles. The Kier molecular flexibility index (Phi) is 7.13. The lowest BCUT2D eigenvalue weighted by Gasteiger charge is -2.12. The highest BCUT2D eigenvalue weighted by molar-refractivity contribution is 7.89. The van der Waals surface area contributed by atoms with Gasteiger partial charge >= 0.3 is 0 Å². The molecular formula is C19H23N3O5S. The van der Waals surface area contributed by atoms with Gasteiger partial charge in [-0.2, -0.15) is 0 Å². The summed E-state index contributed by atoms with van der Waals surface area (Å²) in [5.74, 6) is -0.633. The molecule has 0 unspecified atom stereocenters. The van der Waals surface area contributed by atoms with Crippen LogP contribution in [0.15, 0.2) is 53.4 Å². The van der Waals surface area contributed by atoms with E-state index in [-0.39, 0.29) is 17.1 Å². The van der Waals surface area contributed by atoms with E-state index in [9.17, 15) is 18.0 Å². The van der Waals surface area contributed by atoms with E-state index in [1.807, 2.05) is 25.1 Å². The number of hydrogen-bond acceptors (Lipinski definition) is 5. The zero-order valence-electron chi connectivity index (χ0n) is 15.9. The highest BCUT2D eigenvalue weighted by Crippen LogP contribution is 2.15. The number of rotatable bonds is 7. The van der Waals surface area contributed by atoms with Crippen molar-refractivity contribution in [3.05, 3.63) is 59.7 Å². The van der Waals surface area contributed by atoms with Crippen LogP contribution in [0.3, 0.4) is 0 Å². The lowest BCUT2D eigenvalue weighted by molar-refractivity contribution is -0.123. The third-order valence-electron chi connectivity index (χ3n) is 3.87. The molecule has 8 nitrogen and oxygen atoms in total. The Bertz CT molecular complexity index is 958. The lowest BCUT2D eigenvalue weighted by atomic mass is 10.2. The van der Waals surface area contributed by atoms with Gasteiger partial charge in [-0.3, -0.25) is 20.4 Å². The molecule has 2 N–H and O–H groups in total. The van der Waals surface area contributed by atoms with Crippen molar-refractivity contribution in [1.82, 2.24) is 15.2 Å². The van der Waals surface area contributed by atoms with Crippen LogP contribution in [0.1, 0.15) is 22.8 Å². The van der Waals surface area contributed by atoms with Crippen molar-refractivity contribution in [3.8, 4) is 5.75 Å². The van der Waals surface area contributed by atoms with E-state index in [2.05, 4.69) is 10.9 Å². The molecule has 0 aromatic heterocycles. The number of hydrazine groups is 1. The molecule has 0 spiro atoms. The van der Waals surface area contributed by atoms with Gasteiger partial charge in [0.15, 0.2) is 6.61 Å². The van der Waals surface area contributed by atoms with Crippen molar-refractivity contribution in [3.63, 3.8) is 0 Å². The molecule has 0 heterocycles. The number of nitrogens with one attached hydrogen (secondary N) is 2. The van der Waals surface area contributed by atoms with Gasteiger partial charge < -0.3 is 4.74 Å². The molecule has 2 aromatic rings. The maximum Gasteiger partial charge on any atom is 0.276 e. The van der Waals surface area contributed by atoms with Crippen LogP contribution >= 0.6 is 0 Å². The van der Waals surface area contributed by atoms with E-state index in [0.29, 0.717) is 5.75 Å². The molecular weight excluding hydrogens is 382 g/mol. The predicted molar refractivity (Wildman–Crippen MR) is 104 cm³/mol. The Labute approximate surface area is 164 Å². The Hall–Kier alpha value is -2.91. The van der Waals surface area contributed by atoms with Crippen molar-refractivity contribution >= 4 is 21.8 Å². The molecule has 0 saturated carbocycles. The van der Waals surface area contributed by atoms with Crippen LogP contribution in [0.2, 0.25) is 0 Å². The molecule has 2 rings (SSSR count). The maximum atomic E-state index is 12.2. The zero-order valence-corrected chi connectivity index (χ0v) is 16.7. The van der Waals surface area contributed by atoms with Gasteiger partial charge in [-0.1, -0.05) is 25.1 Å². The predicted octanol–water partition coefficient (Wildman–Crippen LogP) is 1.34. The highest BCUT2D eigenvalue weighted by Gasteiger charge is 2.19. The van der Waals surface area contributed by atoms with E-state index in [1.54, 1.807) is 6.07 Å². The summed E-state index contributed by atoms with van der Waals surface area (Å²) in [4.78, 5) is 24.0. The largest absolute Gasteiger partial charge is 0.484 e. The first kappa shape index (κ1) is 21.4. The fourth-order valence-electron chi connectivity index (χ4n) is 2.25.